The molecule has 0 fully saturated rings. The molecule has 16 heavy (non-hydrogen) atoms. The van der Waals surface area contributed by atoms with Gasteiger partial charge in [-0.1, -0.05) is 18.2 Å². The molecule has 0 aliphatic carbocycles. The van der Waals surface area contributed by atoms with Gasteiger partial charge in [0.1, 0.15) is 11.9 Å². The minimum Gasteiger partial charge on any atom is -0.489 e. The Morgan fingerprint density at radius 2 is 2.12 bits per heavy atom. The van der Waals surface area contributed by atoms with Crippen LogP contribution in [0.15, 0.2) is 24.3 Å². The van der Waals surface area contributed by atoms with Crippen LogP contribution in [0.4, 0.5) is 0 Å². The molecular formula is C12H17NO3. The molecule has 0 heterocycles. The fraction of sp³-hybridized carbons (Fsp3) is 0.417. The van der Waals surface area contributed by atoms with Gasteiger partial charge in [-0.25, -0.2) is 0 Å². The molecule has 88 valence electrons. The highest BCUT2D eigenvalue weighted by Gasteiger charge is 2.10. The van der Waals surface area contributed by atoms with Crippen molar-refractivity contribution >= 4 is 5.97 Å². The number of hydrogen-bond donors (Lipinski definition) is 1. The second-order valence-electron chi connectivity index (χ2n) is 3.52. The van der Waals surface area contributed by atoms with Crippen LogP contribution in [-0.4, -0.2) is 25.7 Å². The standard InChI is InChI=1S/C12H17NO3/c1-9(8-13)16-11-6-4-3-5-10(11)7-12(14)15-2/h3-6,9H,7-8,13H2,1-2H3. The van der Waals surface area contributed by atoms with E-state index in [0.29, 0.717) is 12.3 Å². The summed E-state index contributed by atoms with van der Waals surface area (Å²) in [6.07, 6.45) is 0.142. The molecule has 2 N–H and O–H groups in total. The fourth-order valence-electron chi connectivity index (χ4n) is 1.26. The van der Waals surface area contributed by atoms with Crippen LogP contribution in [0.1, 0.15) is 12.5 Å². The van der Waals surface area contributed by atoms with Gasteiger partial charge in [-0.3, -0.25) is 4.79 Å². The van der Waals surface area contributed by atoms with Crippen LogP contribution < -0.4 is 10.5 Å². The molecule has 0 aromatic heterocycles. The molecule has 1 unspecified atom stereocenters. The Kier molecular flexibility index (Phi) is 4.79. The van der Waals surface area contributed by atoms with Crippen molar-refractivity contribution in [1.29, 1.82) is 0 Å². The van der Waals surface area contributed by atoms with Gasteiger partial charge < -0.3 is 15.2 Å². The number of para-hydroxylation sites is 1. The number of nitrogens with two attached hydrogens (primary N) is 1. The second kappa shape index (κ2) is 6.12. The number of hydrogen-bond acceptors (Lipinski definition) is 4. The summed E-state index contributed by atoms with van der Waals surface area (Å²) in [6.45, 7) is 2.32. The number of methoxy groups -OCH3 is 1. The summed E-state index contributed by atoms with van der Waals surface area (Å²) >= 11 is 0. The average Bonchev–Trinajstić information content (AvgIpc) is 2.31. The van der Waals surface area contributed by atoms with Crippen LogP contribution in [0.2, 0.25) is 0 Å². The van der Waals surface area contributed by atoms with E-state index in [-0.39, 0.29) is 18.5 Å². The number of rotatable bonds is 5. The first-order valence-electron chi connectivity index (χ1n) is 5.18. The van der Waals surface area contributed by atoms with Crippen LogP contribution in [0, 0.1) is 0 Å². The Balaban J connectivity index is 2.79. The quantitative estimate of drug-likeness (QED) is 0.760. The highest BCUT2D eigenvalue weighted by molar-refractivity contribution is 5.73. The van der Waals surface area contributed by atoms with E-state index < -0.39 is 0 Å². The zero-order chi connectivity index (χ0) is 12.0. The number of carbonyl (C=O) groups excluding carboxylic acids is 1. The number of benzene rings is 1. The maximum Gasteiger partial charge on any atom is 0.310 e. The first-order chi connectivity index (χ1) is 7.67. The molecule has 0 aliphatic heterocycles. The average molecular weight is 223 g/mol. The van der Waals surface area contributed by atoms with Gasteiger partial charge in [0.2, 0.25) is 0 Å². The SMILES string of the molecule is COC(=O)Cc1ccccc1OC(C)CN. The van der Waals surface area contributed by atoms with E-state index in [2.05, 4.69) is 4.74 Å². The van der Waals surface area contributed by atoms with Crippen LogP contribution in [0.25, 0.3) is 0 Å². The number of carbonyl (C=O) groups is 1. The van der Waals surface area contributed by atoms with E-state index in [0.717, 1.165) is 5.56 Å². The molecule has 0 saturated heterocycles. The summed E-state index contributed by atoms with van der Waals surface area (Å²) in [7, 11) is 1.37. The molecule has 0 saturated carbocycles. The van der Waals surface area contributed by atoms with Crippen LogP contribution >= 0.6 is 0 Å². The van der Waals surface area contributed by atoms with Crippen molar-refractivity contribution < 1.29 is 14.3 Å². The van der Waals surface area contributed by atoms with E-state index >= 15 is 0 Å². The maximum absolute atomic E-state index is 11.2. The van der Waals surface area contributed by atoms with E-state index in [9.17, 15) is 4.79 Å². The van der Waals surface area contributed by atoms with Gasteiger partial charge in [0, 0.05) is 12.1 Å². The summed E-state index contributed by atoms with van der Waals surface area (Å²) in [6, 6.07) is 7.39. The molecule has 0 aliphatic rings. The van der Waals surface area contributed by atoms with Crippen molar-refractivity contribution in [3.8, 4) is 5.75 Å². The largest absolute Gasteiger partial charge is 0.489 e. The number of esters is 1. The predicted molar refractivity (Wildman–Crippen MR) is 61.3 cm³/mol. The molecule has 1 atom stereocenters. The lowest BCUT2D eigenvalue weighted by Gasteiger charge is -2.15. The van der Waals surface area contributed by atoms with Crippen molar-refractivity contribution in [1.82, 2.24) is 0 Å². The van der Waals surface area contributed by atoms with Crippen molar-refractivity contribution in [3.05, 3.63) is 29.8 Å². The van der Waals surface area contributed by atoms with Gasteiger partial charge in [-0.15, -0.1) is 0 Å². The topological polar surface area (TPSA) is 61.5 Å². The Bertz CT molecular complexity index is 352. The highest BCUT2D eigenvalue weighted by atomic mass is 16.5. The van der Waals surface area contributed by atoms with Gasteiger partial charge in [0.15, 0.2) is 0 Å². The lowest BCUT2D eigenvalue weighted by molar-refractivity contribution is -0.139. The lowest BCUT2D eigenvalue weighted by atomic mass is 10.1. The zero-order valence-electron chi connectivity index (χ0n) is 9.60. The Morgan fingerprint density at radius 3 is 2.75 bits per heavy atom. The Hall–Kier alpha value is -1.55. The molecule has 4 nitrogen and oxygen atoms in total. The van der Waals surface area contributed by atoms with Crippen molar-refractivity contribution in [3.63, 3.8) is 0 Å². The highest BCUT2D eigenvalue weighted by Crippen LogP contribution is 2.19. The summed E-state index contributed by atoms with van der Waals surface area (Å²) in [5.41, 5.74) is 6.30. The predicted octanol–water partition coefficient (Wildman–Crippen LogP) is 1.13. The molecule has 1 aromatic carbocycles. The normalized spacial score (nSPS) is 11.9. The third-order valence-corrected chi connectivity index (χ3v) is 2.20. The van der Waals surface area contributed by atoms with Crippen LogP contribution in [0.3, 0.4) is 0 Å². The minimum absolute atomic E-state index is 0.0706. The van der Waals surface area contributed by atoms with E-state index in [1.165, 1.54) is 7.11 Å². The monoisotopic (exact) mass is 223 g/mol. The van der Waals surface area contributed by atoms with Gasteiger partial charge >= 0.3 is 5.97 Å². The molecule has 0 bridgehead atoms. The smallest absolute Gasteiger partial charge is 0.310 e. The van der Waals surface area contributed by atoms with Crippen molar-refractivity contribution in [2.24, 2.45) is 5.73 Å². The molecule has 0 amide bonds. The third kappa shape index (κ3) is 3.55. The Labute approximate surface area is 95.3 Å². The van der Waals surface area contributed by atoms with Crippen molar-refractivity contribution in [2.45, 2.75) is 19.4 Å². The summed E-state index contributed by atoms with van der Waals surface area (Å²) < 4.78 is 10.2. The third-order valence-electron chi connectivity index (χ3n) is 2.20. The molecule has 1 rings (SSSR count). The summed E-state index contributed by atoms with van der Waals surface area (Å²) in [5.74, 6) is 0.405. The van der Waals surface area contributed by atoms with Gasteiger partial charge in [0.05, 0.1) is 13.5 Å². The molecule has 0 radical (unpaired) electrons. The van der Waals surface area contributed by atoms with Gasteiger partial charge in [0.25, 0.3) is 0 Å². The van der Waals surface area contributed by atoms with E-state index in [4.69, 9.17) is 10.5 Å². The first kappa shape index (κ1) is 12.5. The number of ether oxygens (including phenoxy) is 2. The molecule has 1 aromatic rings. The second-order valence-corrected chi connectivity index (χ2v) is 3.52. The minimum atomic E-state index is -0.281. The summed E-state index contributed by atoms with van der Waals surface area (Å²) in [5, 5.41) is 0. The summed E-state index contributed by atoms with van der Waals surface area (Å²) in [4.78, 5) is 11.2. The fourth-order valence-corrected chi connectivity index (χ4v) is 1.26. The first-order valence-corrected chi connectivity index (χ1v) is 5.18. The van der Waals surface area contributed by atoms with Crippen LogP contribution in [0.5, 0.6) is 5.75 Å². The Morgan fingerprint density at radius 1 is 1.44 bits per heavy atom. The maximum atomic E-state index is 11.2. The van der Waals surface area contributed by atoms with Crippen LogP contribution in [-0.2, 0) is 16.0 Å². The van der Waals surface area contributed by atoms with Crippen molar-refractivity contribution in [2.75, 3.05) is 13.7 Å². The van der Waals surface area contributed by atoms with E-state index in [1.54, 1.807) is 0 Å². The zero-order valence-corrected chi connectivity index (χ0v) is 9.60. The molecular weight excluding hydrogens is 206 g/mol. The van der Waals surface area contributed by atoms with Gasteiger partial charge in [-0.2, -0.15) is 0 Å². The van der Waals surface area contributed by atoms with E-state index in [1.807, 2.05) is 31.2 Å². The molecule has 4 heteroatoms. The lowest BCUT2D eigenvalue weighted by Crippen LogP contribution is -2.23. The molecule has 0 spiro atoms. The van der Waals surface area contributed by atoms with Gasteiger partial charge in [-0.05, 0) is 13.0 Å².